The molecule has 0 spiro atoms. The molecule has 1 amide bonds. The molecule has 1 aromatic carbocycles. The molecule has 6 nitrogen and oxygen atoms in total. The number of carboxylic acid groups (broad SMARTS) is 1. The number of phenols is 1. The van der Waals surface area contributed by atoms with E-state index in [0.29, 0.717) is 16.2 Å². The molecule has 0 aromatic heterocycles. The van der Waals surface area contributed by atoms with Gasteiger partial charge < -0.3 is 19.7 Å². The third kappa shape index (κ3) is 4.47. The molecule has 0 radical (unpaired) electrons. The van der Waals surface area contributed by atoms with Gasteiger partial charge in [0.25, 0.3) is 5.91 Å². The number of nitrogens with zero attached hydrogens (tertiary/aromatic N) is 1. The number of aromatic hydroxyl groups is 1. The summed E-state index contributed by atoms with van der Waals surface area (Å²) in [6, 6.07) is 3.56. The van der Waals surface area contributed by atoms with Crippen molar-refractivity contribution in [1.82, 2.24) is 4.90 Å². The maximum absolute atomic E-state index is 12.6. The Kier molecular flexibility index (Phi) is 6.74. The maximum Gasteiger partial charge on any atom is 0.266 e. The second-order valence-corrected chi connectivity index (χ2v) is 7.76. The number of ether oxygens (including phenoxy) is 1. The molecular weight excluding hydrogens is 382 g/mol. The molecule has 0 saturated carbocycles. The first-order valence-electron chi connectivity index (χ1n) is 7.23. The lowest BCUT2D eigenvalue weighted by Crippen LogP contribution is -2.50. The van der Waals surface area contributed by atoms with Gasteiger partial charge in [0.1, 0.15) is 4.32 Å². The molecule has 1 heterocycles. The van der Waals surface area contributed by atoms with E-state index in [9.17, 15) is 19.8 Å². The number of rotatable bonds is 7. The van der Waals surface area contributed by atoms with Crippen molar-refractivity contribution in [2.24, 2.45) is 0 Å². The minimum Gasteiger partial charge on any atom is -0.548 e. The van der Waals surface area contributed by atoms with Gasteiger partial charge in [0, 0.05) is 0 Å². The van der Waals surface area contributed by atoms with Crippen LogP contribution in [-0.2, 0) is 9.59 Å². The lowest BCUT2D eigenvalue weighted by molar-refractivity contribution is -0.310. The number of phenolic OH excluding ortho intramolecular Hbond substituents is 1. The van der Waals surface area contributed by atoms with Gasteiger partial charge in [-0.3, -0.25) is 9.69 Å². The summed E-state index contributed by atoms with van der Waals surface area (Å²) in [5.74, 6) is -0.947. The fourth-order valence-electron chi connectivity index (χ4n) is 2.27. The van der Waals surface area contributed by atoms with Crippen LogP contribution in [0.3, 0.4) is 0 Å². The number of benzene rings is 1. The smallest absolute Gasteiger partial charge is 0.266 e. The third-order valence-corrected chi connectivity index (χ3v) is 5.48. The summed E-state index contributed by atoms with van der Waals surface area (Å²) in [7, 11) is 1.43. The second-order valence-electron chi connectivity index (χ2n) is 5.10. The molecule has 0 bridgehead atoms. The summed E-state index contributed by atoms with van der Waals surface area (Å²) in [5, 5.41) is 21.0. The molecule has 1 saturated heterocycles. The van der Waals surface area contributed by atoms with Gasteiger partial charge in [0.15, 0.2) is 11.5 Å². The van der Waals surface area contributed by atoms with Crippen LogP contribution in [0.4, 0.5) is 0 Å². The van der Waals surface area contributed by atoms with Crippen LogP contribution in [0.1, 0.15) is 12.0 Å². The maximum atomic E-state index is 12.6. The second kappa shape index (κ2) is 8.59. The summed E-state index contributed by atoms with van der Waals surface area (Å²) in [6.45, 7) is 0. The van der Waals surface area contributed by atoms with Crippen LogP contribution in [0.15, 0.2) is 23.1 Å². The summed E-state index contributed by atoms with van der Waals surface area (Å²) < 4.78 is 5.23. The number of amides is 1. The third-order valence-electron chi connectivity index (χ3n) is 3.50. The van der Waals surface area contributed by atoms with E-state index in [4.69, 9.17) is 17.0 Å². The summed E-state index contributed by atoms with van der Waals surface area (Å²) in [6.07, 6.45) is 3.70. The average Bonchev–Trinajstić information content (AvgIpc) is 2.84. The minimum atomic E-state index is -1.32. The zero-order valence-electron chi connectivity index (χ0n) is 13.6. The standard InChI is InChI=1S/C16H17NO5S3/c1-22-12-7-9(3-4-11(12)18)8-13-14(19)17(16(23)25-13)10(15(20)21)5-6-24-2/h3-4,7-8,10,18H,5-6H2,1-2H3,(H,20,21)/p-1/b13-8+/t10-/m0/s1. The molecule has 25 heavy (non-hydrogen) atoms. The van der Waals surface area contributed by atoms with Gasteiger partial charge in [-0.15, -0.1) is 0 Å². The molecule has 1 fully saturated rings. The SMILES string of the molecule is COc1cc(/C=C2/SC(=S)N([C@@H](CCSC)C(=O)[O-])C2=O)ccc1O. The first-order chi connectivity index (χ1) is 11.9. The van der Waals surface area contributed by atoms with E-state index in [1.54, 1.807) is 18.2 Å². The van der Waals surface area contributed by atoms with Crippen LogP contribution in [0.25, 0.3) is 6.08 Å². The topological polar surface area (TPSA) is 89.9 Å². The number of hydrogen-bond donors (Lipinski definition) is 1. The van der Waals surface area contributed by atoms with Gasteiger partial charge in [-0.05, 0) is 42.2 Å². The Hall–Kier alpha value is -1.71. The summed E-state index contributed by atoms with van der Waals surface area (Å²) >= 11 is 7.72. The Labute approximate surface area is 159 Å². The molecule has 2 rings (SSSR count). The molecular formula is C16H16NO5S3-. The van der Waals surface area contributed by atoms with Crippen LogP contribution in [0.5, 0.6) is 11.5 Å². The van der Waals surface area contributed by atoms with Crippen LogP contribution >= 0.6 is 35.7 Å². The molecule has 0 unspecified atom stereocenters. The van der Waals surface area contributed by atoms with Crippen molar-refractivity contribution in [3.8, 4) is 11.5 Å². The van der Waals surface area contributed by atoms with Crippen molar-refractivity contribution in [1.29, 1.82) is 0 Å². The van der Waals surface area contributed by atoms with Gasteiger partial charge in [-0.1, -0.05) is 30.0 Å². The number of thiocarbonyl (C=S) groups is 1. The molecule has 9 heteroatoms. The van der Waals surface area contributed by atoms with Crippen molar-refractivity contribution in [3.63, 3.8) is 0 Å². The van der Waals surface area contributed by atoms with Gasteiger partial charge in [-0.25, -0.2) is 0 Å². The van der Waals surface area contributed by atoms with Gasteiger partial charge in [0.2, 0.25) is 0 Å². The van der Waals surface area contributed by atoms with Crippen molar-refractivity contribution in [3.05, 3.63) is 28.7 Å². The number of methoxy groups -OCH3 is 1. The first kappa shape index (κ1) is 19.6. The molecule has 1 aliphatic heterocycles. The van der Waals surface area contributed by atoms with Crippen molar-refractivity contribution in [2.45, 2.75) is 12.5 Å². The van der Waals surface area contributed by atoms with Crippen LogP contribution in [0.2, 0.25) is 0 Å². The van der Waals surface area contributed by atoms with E-state index in [2.05, 4.69) is 0 Å². The van der Waals surface area contributed by atoms with Crippen molar-refractivity contribution in [2.75, 3.05) is 19.1 Å². The zero-order valence-corrected chi connectivity index (χ0v) is 16.0. The largest absolute Gasteiger partial charge is 0.548 e. The lowest BCUT2D eigenvalue weighted by atomic mass is 10.1. The highest BCUT2D eigenvalue weighted by Gasteiger charge is 2.37. The van der Waals surface area contributed by atoms with E-state index in [1.807, 2.05) is 6.26 Å². The monoisotopic (exact) mass is 398 g/mol. The number of carbonyl (C=O) groups excluding carboxylic acids is 2. The van der Waals surface area contributed by atoms with Crippen LogP contribution in [0, 0.1) is 0 Å². The Balaban J connectivity index is 2.29. The number of carbonyl (C=O) groups is 2. The van der Waals surface area contributed by atoms with Crippen molar-refractivity contribution >= 4 is 58.0 Å². The normalized spacial score (nSPS) is 17.2. The van der Waals surface area contributed by atoms with E-state index in [0.717, 1.165) is 16.7 Å². The van der Waals surface area contributed by atoms with E-state index in [1.165, 1.54) is 24.9 Å². The van der Waals surface area contributed by atoms with Gasteiger partial charge in [-0.2, -0.15) is 11.8 Å². The fraction of sp³-hybridized carbons (Fsp3) is 0.312. The zero-order chi connectivity index (χ0) is 18.6. The minimum absolute atomic E-state index is 0.0127. The van der Waals surface area contributed by atoms with E-state index < -0.39 is 17.9 Å². The van der Waals surface area contributed by atoms with Crippen LogP contribution < -0.4 is 9.84 Å². The number of hydrogen-bond acceptors (Lipinski definition) is 8. The predicted molar refractivity (Wildman–Crippen MR) is 101 cm³/mol. The quantitative estimate of drug-likeness (QED) is 0.546. The summed E-state index contributed by atoms with van der Waals surface area (Å²) in [5.41, 5.74) is 0.629. The van der Waals surface area contributed by atoms with Crippen LogP contribution in [-0.4, -0.2) is 51.4 Å². The molecule has 1 N–H and O–H groups in total. The van der Waals surface area contributed by atoms with E-state index >= 15 is 0 Å². The van der Waals surface area contributed by atoms with Crippen molar-refractivity contribution < 1.29 is 24.5 Å². The van der Waals surface area contributed by atoms with E-state index in [-0.39, 0.29) is 22.2 Å². The Morgan fingerprint density at radius 2 is 2.28 bits per heavy atom. The molecule has 1 aromatic rings. The fourth-order valence-corrected chi connectivity index (χ4v) is 4.08. The number of aliphatic carboxylic acids is 1. The highest BCUT2D eigenvalue weighted by atomic mass is 32.2. The van der Waals surface area contributed by atoms with Gasteiger partial charge in [0.05, 0.1) is 24.0 Å². The average molecular weight is 399 g/mol. The molecule has 1 aliphatic rings. The Bertz CT molecular complexity index is 734. The Morgan fingerprint density at radius 1 is 1.56 bits per heavy atom. The molecule has 134 valence electrons. The van der Waals surface area contributed by atoms with Gasteiger partial charge >= 0.3 is 0 Å². The number of thioether (sulfide) groups is 2. The Morgan fingerprint density at radius 3 is 2.88 bits per heavy atom. The predicted octanol–water partition coefficient (Wildman–Crippen LogP) is 1.47. The summed E-state index contributed by atoms with van der Waals surface area (Å²) in [4.78, 5) is 25.5. The highest BCUT2D eigenvalue weighted by Crippen LogP contribution is 2.36. The number of carboxylic acids is 1. The first-order valence-corrected chi connectivity index (χ1v) is 9.84. The molecule has 0 aliphatic carbocycles. The molecule has 1 atom stereocenters. The lowest BCUT2D eigenvalue weighted by Gasteiger charge is -2.27. The highest BCUT2D eigenvalue weighted by molar-refractivity contribution is 8.26.